The Morgan fingerprint density at radius 2 is 1.65 bits per heavy atom. The SMILES string of the molecule is Cc1nc(-c2ccc(CNC(=O)c3ccccc3)cc2)ccc1C(N)=O. The van der Waals surface area contributed by atoms with E-state index >= 15 is 0 Å². The van der Waals surface area contributed by atoms with Gasteiger partial charge in [-0.25, -0.2) is 0 Å². The molecule has 0 aliphatic rings. The van der Waals surface area contributed by atoms with Gasteiger partial charge in [0.2, 0.25) is 0 Å². The Morgan fingerprint density at radius 1 is 0.962 bits per heavy atom. The number of aryl methyl sites for hydroxylation is 1. The van der Waals surface area contributed by atoms with Crippen molar-refractivity contribution in [1.82, 2.24) is 10.3 Å². The lowest BCUT2D eigenvalue weighted by Crippen LogP contribution is -2.22. The molecule has 130 valence electrons. The van der Waals surface area contributed by atoms with Crippen LogP contribution in [0.5, 0.6) is 0 Å². The highest BCUT2D eigenvalue weighted by Gasteiger charge is 2.08. The lowest BCUT2D eigenvalue weighted by Gasteiger charge is -2.08. The zero-order valence-electron chi connectivity index (χ0n) is 14.4. The van der Waals surface area contributed by atoms with Gasteiger partial charge in [0.1, 0.15) is 0 Å². The molecule has 1 aromatic heterocycles. The maximum Gasteiger partial charge on any atom is 0.251 e. The van der Waals surface area contributed by atoms with Gasteiger partial charge in [0, 0.05) is 17.7 Å². The summed E-state index contributed by atoms with van der Waals surface area (Å²) in [5.41, 5.74) is 9.67. The largest absolute Gasteiger partial charge is 0.366 e. The Kier molecular flexibility index (Phi) is 5.08. The standard InChI is InChI=1S/C21H19N3O2/c1-14-18(20(22)25)11-12-19(24-14)16-9-7-15(8-10-16)13-23-21(26)17-5-3-2-4-6-17/h2-12H,13H2,1H3,(H2,22,25)(H,23,26). The molecule has 0 saturated carbocycles. The minimum atomic E-state index is -0.481. The molecule has 0 bridgehead atoms. The number of amides is 2. The lowest BCUT2D eigenvalue weighted by atomic mass is 10.1. The number of pyridine rings is 1. The number of hydrogen-bond donors (Lipinski definition) is 2. The van der Waals surface area contributed by atoms with Crippen molar-refractivity contribution in [2.75, 3.05) is 0 Å². The van der Waals surface area contributed by atoms with E-state index in [9.17, 15) is 9.59 Å². The van der Waals surface area contributed by atoms with Crippen LogP contribution < -0.4 is 11.1 Å². The van der Waals surface area contributed by atoms with E-state index < -0.39 is 5.91 Å². The zero-order valence-corrected chi connectivity index (χ0v) is 14.4. The van der Waals surface area contributed by atoms with Gasteiger partial charge in [-0.2, -0.15) is 0 Å². The molecule has 3 rings (SSSR count). The number of nitrogens with two attached hydrogens (primary N) is 1. The van der Waals surface area contributed by atoms with E-state index in [0.29, 0.717) is 23.4 Å². The molecule has 0 atom stereocenters. The number of nitrogens with one attached hydrogen (secondary N) is 1. The number of hydrogen-bond acceptors (Lipinski definition) is 3. The molecular weight excluding hydrogens is 326 g/mol. The van der Waals surface area contributed by atoms with Gasteiger partial charge in [0.25, 0.3) is 11.8 Å². The van der Waals surface area contributed by atoms with Crippen molar-refractivity contribution < 1.29 is 9.59 Å². The molecule has 5 nitrogen and oxygen atoms in total. The average molecular weight is 345 g/mol. The van der Waals surface area contributed by atoms with Crippen molar-refractivity contribution in [3.05, 3.63) is 89.1 Å². The van der Waals surface area contributed by atoms with Crippen molar-refractivity contribution in [1.29, 1.82) is 0 Å². The van der Waals surface area contributed by atoms with E-state index in [1.165, 1.54) is 0 Å². The first-order chi connectivity index (χ1) is 12.5. The summed E-state index contributed by atoms with van der Waals surface area (Å²) in [6.45, 7) is 2.21. The van der Waals surface area contributed by atoms with Gasteiger partial charge < -0.3 is 11.1 Å². The monoisotopic (exact) mass is 345 g/mol. The van der Waals surface area contributed by atoms with Crippen molar-refractivity contribution in [2.24, 2.45) is 5.73 Å². The molecule has 0 aliphatic carbocycles. The molecule has 5 heteroatoms. The fourth-order valence-corrected chi connectivity index (χ4v) is 2.65. The number of primary amides is 1. The van der Waals surface area contributed by atoms with Crippen LogP contribution in [-0.4, -0.2) is 16.8 Å². The van der Waals surface area contributed by atoms with Gasteiger partial charge in [-0.05, 0) is 36.8 Å². The number of benzene rings is 2. The van der Waals surface area contributed by atoms with Gasteiger partial charge in [-0.1, -0.05) is 42.5 Å². The van der Waals surface area contributed by atoms with E-state index in [1.807, 2.05) is 42.5 Å². The zero-order chi connectivity index (χ0) is 18.5. The smallest absolute Gasteiger partial charge is 0.251 e. The Labute approximate surface area is 151 Å². The van der Waals surface area contributed by atoms with Gasteiger partial charge in [-0.15, -0.1) is 0 Å². The van der Waals surface area contributed by atoms with Crippen molar-refractivity contribution in [3.8, 4) is 11.3 Å². The summed E-state index contributed by atoms with van der Waals surface area (Å²) >= 11 is 0. The van der Waals surface area contributed by atoms with Crippen LogP contribution in [0.15, 0.2) is 66.7 Å². The Hall–Kier alpha value is -3.47. The van der Waals surface area contributed by atoms with Crippen LogP contribution in [0.3, 0.4) is 0 Å². The number of carbonyl (C=O) groups excluding carboxylic acids is 2. The second kappa shape index (κ2) is 7.61. The predicted molar refractivity (Wildman–Crippen MR) is 101 cm³/mol. The highest BCUT2D eigenvalue weighted by molar-refractivity contribution is 5.94. The molecule has 3 aromatic rings. The summed E-state index contributed by atoms with van der Waals surface area (Å²) in [6.07, 6.45) is 0. The van der Waals surface area contributed by atoms with Gasteiger partial charge in [-0.3, -0.25) is 14.6 Å². The normalized spacial score (nSPS) is 10.3. The van der Waals surface area contributed by atoms with E-state index in [-0.39, 0.29) is 5.91 Å². The maximum absolute atomic E-state index is 12.1. The topological polar surface area (TPSA) is 85.1 Å². The average Bonchev–Trinajstić information content (AvgIpc) is 2.67. The number of rotatable bonds is 5. The van der Waals surface area contributed by atoms with Crippen LogP contribution >= 0.6 is 0 Å². The number of nitrogens with zero attached hydrogens (tertiary/aromatic N) is 1. The summed E-state index contributed by atoms with van der Waals surface area (Å²) in [7, 11) is 0. The van der Waals surface area contributed by atoms with E-state index in [1.54, 1.807) is 31.2 Å². The third-order valence-electron chi connectivity index (χ3n) is 4.09. The van der Waals surface area contributed by atoms with Gasteiger partial charge in [0.05, 0.1) is 17.0 Å². The van der Waals surface area contributed by atoms with Crippen molar-refractivity contribution >= 4 is 11.8 Å². The molecule has 1 heterocycles. The molecule has 0 spiro atoms. The number of aromatic nitrogens is 1. The minimum Gasteiger partial charge on any atom is -0.366 e. The van der Waals surface area contributed by atoms with E-state index in [4.69, 9.17) is 5.73 Å². The Morgan fingerprint density at radius 3 is 2.27 bits per heavy atom. The molecule has 0 saturated heterocycles. The third kappa shape index (κ3) is 3.95. The molecule has 2 aromatic carbocycles. The van der Waals surface area contributed by atoms with Gasteiger partial charge in [0.15, 0.2) is 0 Å². The predicted octanol–water partition coefficient (Wildman–Crippen LogP) is 3.09. The highest BCUT2D eigenvalue weighted by Crippen LogP contribution is 2.19. The maximum atomic E-state index is 12.1. The second-order valence-electron chi connectivity index (χ2n) is 5.94. The Balaban J connectivity index is 1.68. The van der Waals surface area contributed by atoms with E-state index in [0.717, 1.165) is 16.8 Å². The summed E-state index contributed by atoms with van der Waals surface area (Å²) < 4.78 is 0. The number of carbonyl (C=O) groups is 2. The van der Waals surface area contributed by atoms with Crippen LogP contribution in [0.4, 0.5) is 0 Å². The fourth-order valence-electron chi connectivity index (χ4n) is 2.65. The summed E-state index contributed by atoms with van der Waals surface area (Å²) in [5.74, 6) is -0.583. The van der Waals surface area contributed by atoms with Crippen LogP contribution in [0.1, 0.15) is 32.0 Å². The van der Waals surface area contributed by atoms with Crippen molar-refractivity contribution in [2.45, 2.75) is 13.5 Å². The Bertz CT molecular complexity index is 935. The van der Waals surface area contributed by atoms with Crippen molar-refractivity contribution in [3.63, 3.8) is 0 Å². The molecule has 0 radical (unpaired) electrons. The van der Waals surface area contributed by atoms with Gasteiger partial charge >= 0.3 is 0 Å². The van der Waals surface area contributed by atoms with Crippen LogP contribution in [0.2, 0.25) is 0 Å². The fraction of sp³-hybridized carbons (Fsp3) is 0.0952. The summed E-state index contributed by atoms with van der Waals surface area (Å²) in [5, 5.41) is 2.90. The molecule has 26 heavy (non-hydrogen) atoms. The van der Waals surface area contributed by atoms with Crippen LogP contribution in [0, 0.1) is 6.92 Å². The van der Waals surface area contributed by atoms with E-state index in [2.05, 4.69) is 10.3 Å². The molecule has 2 amide bonds. The quantitative estimate of drug-likeness (QED) is 0.745. The molecule has 0 unspecified atom stereocenters. The summed E-state index contributed by atoms with van der Waals surface area (Å²) in [4.78, 5) is 27.8. The molecule has 0 aliphatic heterocycles. The molecule has 3 N–H and O–H groups in total. The highest BCUT2D eigenvalue weighted by atomic mass is 16.2. The molecular formula is C21H19N3O2. The second-order valence-corrected chi connectivity index (χ2v) is 5.94. The minimum absolute atomic E-state index is 0.103. The van der Waals surface area contributed by atoms with Crippen LogP contribution in [0.25, 0.3) is 11.3 Å². The third-order valence-corrected chi connectivity index (χ3v) is 4.09. The molecule has 0 fully saturated rings. The first-order valence-corrected chi connectivity index (χ1v) is 8.24. The summed E-state index contributed by atoms with van der Waals surface area (Å²) in [6, 6.07) is 20.3. The first kappa shape index (κ1) is 17.4. The van der Waals surface area contributed by atoms with Crippen LogP contribution in [-0.2, 0) is 6.54 Å². The first-order valence-electron chi connectivity index (χ1n) is 8.24. The lowest BCUT2D eigenvalue weighted by molar-refractivity contribution is 0.0949.